The van der Waals surface area contributed by atoms with Gasteiger partial charge in [-0.1, -0.05) is 12.1 Å². The third kappa shape index (κ3) is 3.92. The van der Waals surface area contributed by atoms with E-state index in [1.54, 1.807) is 11.0 Å². The second-order valence-corrected chi connectivity index (χ2v) is 6.36. The van der Waals surface area contributed by atoms with Crippen LogP contribution < -0.4 is 5.32 Å². The summed E-state index contributed by atoms with van der Waals surface area (Å²) in [6, 6.07) is 4.83. The molecule has 2 aliphatic rings. The quantitative estimate of drug-likeness (QED) is 0.825. The Morgan fingerprint density at radius 3 is 2.46 bits per heavy atom. The highest BCUT2D eigenvalue weighted by Crippen LogP contribution is 2.27. The molecule has 3 rings (SSSR count). The van der Waals surface area contributed by atoms with Gasteiger partial charge in [-0.15, -0.1) is 12.4 Å². The highest BCUT2D eigenvalue weighted by molar-refractivity contribution is 5.94. The first-order valence-corrected chi connectivity index (χ1v) is 7.88. The Morgan fingerprint density at radius 1 is 1.21 bits per heavy atom. The van der Waals surface area contributed by atoms with Crippen LogP contribution in [0.2, 0.25) is 0 Å². The first-order chi connectivity index (χ1) is 10.9. The average Bonchev–Trinajstić information content (AvgIpc) is 2.74. The van der Waals surface area contributed by atoms with E-state index in [1.165, 1.54) is 6.92 Å². The predicted octanol–water partition coefficient (Wildman–Crippen LogP) is 2.24. The van der Waals surface area contributed by atoms with E-state index in [4.69, 9.17) is 0 Å². The van der Waals surface area contributed by atoms with E-state index in [1.807, 2.05) is 12.1 Å². The van der Waals surface area contributed by atoms with Crippen LogP contribution >= 0.6 is 12.4 Å². The lowest BCUT2D eigenvalue weighted by Gasteiger charge is -2.23. The van der Waals surface area contributed by atoms with Crippen molar-refractivity contribution in [3.8, 4) is 0 Å². The molecule has 1 fully saturated rings. The Labute approximate surface area is 146 Å². The molecule has 1 aromatic carbocycles. The highest BCUT2D eigenvalue weighted by atomic mass is 35.5. The van der Waals surface area contributed by atoms with Crippen LogP contribution in [0.3, 0.4) is 0 Å². The average molecular weight is 359 g/mol. The highest BCUT2D eigenvalue weighted by Gasteiger charge is 2.43. The van der Waals surface area contributed by atoms with E-state index < -0.39 is 24.9 Å². The van der Waals surface area contributed by atoms with Gasteiger partial charge in [0.25, 0.3) is 5.92 Å². The molecule has 1 amide bonds. The van der Waals surface area contributed by atoms with E-state index >= 15 is 0 Å². The van der Waals surface area contributed by atoms with E-state index in [0.29, 0.717) is 31.5 Å². The molecule has 1 saturated heterocycles. The van der Waals surface area contributed by atoms with Gasteiger partial charge in [-0.25, -0.2) is 8.78 Å². The third-order valence-electron chi connectivity index (χ3n) is 4.63. The molecule has 1 aromatic rings. The van der Waals surface area contributed by atoms with Gasteiger partial charge in [0.2, 0.25) is 5.91 Å². The van der Waals surface area contributed by atoms with Crippen molar-refractivity contribution >= 4 is 24.1 Å². The molecule has 24 heavy (non-hydrogen) atoms. The number of fused-ring (bicyclic) bond motifs is 1. The molecule has 4 nitrogen and oxygen atoms in total. The van der Waals surface area contributed by atoms with Crippen molar-refractivity contribution in [2.24, 2.45) is 0 Å². The molecule has 0 radical (unpaired) electrons. The van der Waals surface area contributed by atoms with E-state index in [9.17, 15) is 18.4 Å². The number of hydrogen-bond donors (Lipinski definition) is 1. The Morgan fingerprint density at radius 2 is 1.88 bits per heavy atom. The van der Waals surface area contributed by atoms with Crippen LogP contribution in [0.4, 0.5) is 8.78 Å². The number of alkyl halides is 2. The number of Topliss-reactive ketones (excluding diaryl/α,β-unsaturated/α-hetero) is 1. The molecule has 0 aromatic heterocycles. The van der Waals surface area contributed by atoms with Gasteiger partial charge in [0.15, 0.2) is 5.78 Å². The molecule has 7 heteroatoms. The second-order valence-electron chi connectivity index (χ2n) is 6.36. The minimum atomic E-state index is -2.80. The fourth-order valence-corrected chi connectivity index (χ4v) is 3.28. The van der Waals surface area contributed by atoms with Crippen molar-refractivity contribution in [1.29, 1.82) is 0 Å². The zero-order valence-electron chi connectivity index (χ0n) is 13.5. The van der Waals surface area contributed by atoms with Crippen molar-refractivity contribution in [3.05, 3.63) is 34.9 Å². The minimum absolute atomic E-state index is 0. The van der Waals surface area contributed by atoms with Crippen molar-refractivity contribution in [1.82, 2.24) is 10.2 Å². The fraction of sp³-hybridized carbons (Fsp3) is 0.529. The second kappa shape index (κ2) is 7.15. The standard InChI is InChI=1S/C17H20F2N2O2.ClH/c1-11(22)13-3-2-12-4-6-21(7-5-14(12)8-13)16(23)15-9-17(18,19)10-20-15;/h2-3,8,15,20H,4-7,9-10H2,1H3;1H. The summed E-state index contributed by atoms with van der Waals surface area (Å²) in [5, 5.41) is 2.62. The van der Waals surface area contributed by atoms with E-state index in [-0.39, 0.29) is 24.1 Å². The van der Waals surface area contributed by atoms with Crippen LogP contribution in [-0.4, -0.2) is 48.2 Å². The zero-order valence-corrected chi connectivity index (χ0v) is 14.3. The topological polar surface area (TPSA) is 49.4 Å². The normalized spacial score (nSPS) is 22.3. The number of rotatable bonds is 2. The van der Waals surface area contributed by atoms with Crippen molar-refractivity contribution in [2.45, 2.75) is 38.2 Å². The Balaban J connectivity index is 0.00000208. The maximum Gasteiger partial charge on any atom is 0.262 e. The summed E-state index contributed by atoms with van der Waals surface area (Å²) >= 11 is 0. The van der Waals surface area contributed by atoms with Crippen LogP contribution in [0.25, 0.3) is 0 Å². The number of carbonyl (C=O) groups is 2. The summed E-state index contributed by atoms with van der Waals surface area (Å²) in [6.45, 7) is 2.12. The Hall–Kier alpha value is -1.53. The Bertz CT molecular complexity index is 651. The smallest absolute Gasteiger partial charge is 0.262 e. The van der Waals surface area contributed by atoms with Gasteiger partial charge in [-0.3, -0.25) is 14.9 Å². The Kier molecular flexibility index (Phi) is 5.60. The number of amides is 1. The number of nitrogens with zero attached hydrogens (tertiary/aromatic N) is 1. The molecule has 2 aliphatic heterocycles. The molecule has 0 spiro atoms. The molecular formula is C17H21ClF2N2O2. The number of halogens is 3. The van der Waals surface area contributed by atoms with Gasteiger partial charge >= 0.3 is 0 Å². The van der Waals surface area contributed by atoms with Crippen LogP contribution in [0, 0.1) is 0 Å². The van der Waals surface area contributed by atoms with Crippen molar-refractivity contribution in [3.63, 3.8) is 0 Å². The van der Waals surface area contributed by atoms with Crippen LogP contribution in [0.5, 0.6) is 0 Å². The lowest BCUT2D eigenvalue weighted by Crippen LogP contribution is -2.44. The van der Waals surface area contributed by atoms with Gasteiger partial charge in [0, 0.05) is 25.1 Å². The summed E-state index contributed by atoms with van der Waals surface area (Å²) < 4.78 is 26.5. The van der Waals surface area contributed by atoms with Crippen LogP contribution in [0.1, 0.15) is 34.8 Å². The number of ketones is 1. The van der Waals surface area contributed by atoms with Gasteiger partial charge in [-0.2, -0.15) is 0 Å². The molecular weight excluding hydrogens is 338 g/mol. The van der Waals surface area contributed by atoms with Crippen molar-refractivity contribution in [2.75, 3.05) is 19.6 Å². The van der Waals surface area contributed by atoms with Crippen LogP contribution in [0.15, 0.2) is 18.2 Å². The largest absolute Gasteiger partial charge is 0.341 e. The monoisotopic (exact) mass is 358 g/mol. The SMILES string of the molecule is CC(=O)c1ccc2c(c1)CCN(C(=O)C1CC(F)(F)CN1)CC2.Cl. The zero-order chi connectivity index (χ0) is 16.6. The number of benzene rings is 1. The van der Waals surface area contributed by atoms with Crippen molar-refractivity contribution < 1.29 is 18.4 Å². The molecule has 2 heterocycles. The molecule has 1 unspecified atom stereocenters. The lowest BCUT2D eigenvalue weighted by molar-refractivity contribution is -0.133. The maximum atomic E-state index is 13.3. The first kappa shape index (κ1) is 18.8. The van der Waals surface area contributed by atoms with Gasteiger partial charge in [0.1, 0.15) is 0 Å². The number of carbonyl (C=O) groups excluding carboxylic acids is 2. The number of hydrogen-bond acceptors (Lipinski definition) is 3. The van der Waals surface area contributed by atoms with Gasteiger partial charge in [-0.05, 0) is 37.0 Å². The molecule has 1 atom stereocenters. The summed E-state index contributed by atoms with van der Waals surface area (Å²) in [6.07, 6.45) is 0.900. The third-order valence-corrected chi connectivity index (χ3v) is 4.63. The molecule has 0 saturated carbocycles. The summed E-state index contributed by atoms with van der Waals surface area (Å²) in [5.74, 6) is -3.03. The minimum Gasteiger partial charge on any atom is -0.341 e. The molecule has 0 bridgehead atoms. The van der Waals surface area contributed by atoms with Crippen LogP contribution in [-0.2, 0) is 17.6 Å². The molecule has 1 N–H and O–H groups in total. The molecule has 132 valence electrons. The first-order valence-electron chi connectivity index (χ1n) is 7.88. The summed E-state index contributed by atoms with van der Waals surface area (Å²) in [5.41, 5.74) is 2.85. The fourth-order valence-electron chi connectivity index (χ4n) is 3.28. The maximum absolute atomic E-state index is 13.3. The van der Waals surface area contributed by atoms with E-state index in [2.05, 4.69) is 5.32 Å². The lowest BCUT2D eigenvalue weighted by atomic mass is 9.99. The molecule has 0 aliphatic carbocycles. The summed E-state index contributed by atoms with van der Waals surface area (Å²) in [4.78, 5) is 25.6. The van der Waals surface area contributed by atoms with Gasteiger partial charge < -0.3 is 4.90 Å². The summed E-state index contributed by atoms with van der Waals surface area (Å²) in [7, 11) is 0. The van der Waals surface area contributed by atoms with Gasteiger partial charge in [0.05, 0.1) is 12.6 Å². The number of nitrogens with one attached hydrogen (secondary N) is 1. The van der Waals surface area contributed by atoms with E-state index in [0.717, 1.165) is 11.1 Å². The predicted molar refractivity (Wildman–Crippen MR) is 89.0 cm³/mol.